The molecule has 1 unspecified atom stereocenters. The molecule has 1 heterocycles. The highest BCUT2D eigenvalue weighted by Gasteiger charge is 2.16. The fraction of sp³-hybridized carbons (Fsp3) is 0.667. The topological polar surface area (TPSA) is 67.1 Å². The Bertz CT molecular complexity index is 360. The van der Waals surface area contributed by atoms with Gasteiger partial charge in [-0.1, -0.05) is 20.8 Å². The first-order valence-corrected chi connectivity index (χ1v) is 6.00. The second kappa shape index (κ2) is 6.39. The fourth-order valence-corrected chi connectivity index (χ4v) is 1.64. The maximum absolute atomic E-state index is 11.0. The molecular weight excluding hydrogens is 218 g/mol. The first-order valence-electron chi connectivity index (χ1n) is 6.00. The summed E-state index contributed by atoms with van der Waals surface area (Å²) in [7, 11) is 0. The smallest absolute Gasteiger partial charge is 0.326 e. The van der Waals surface area contributed by atoms with Crippen molar-refractivity contribution in [2.24, 2.45) is 5.92 Å². The number of rotatable bonds is 7. The Morgan fingerprint density at radius 2 is 2.29 bits per heavy atom. The molecule has 0 saturated carbocycles. The van der Waals surface area contributed by atoms with E-state index < -0.39 is 12.0 Å². The third-order valence-corrected chi connectivity index (χ3v) is 2.55. The molecule has 0 aliphatic rings. The van der Waals surface area contributed by atoms with Gasteiger partial charge in [0.15, 0.2) is 0 Å². The van der Waals surface area contributed by atoms with Crippen LogP contribution in [0.2, 0.25) is 0 Å². The van der Waals surface area contributed by atoms with Crippen LogP contribution in [-0.2, 0) is 11.3 Å². The lowest BCUT2D eigenvalue weighted by atomic mass is 10.2. The Morgan fingerprint density at radius 3 is 2.82 bits per heavy atom. The molecule has 96 valence electrons. The van der Waals surface area contributed by atoms with E-state index in [1.165, 1.54) is 0 Å². The summed E-state index contributed by atoms with van der Waals surface area (Å²) in [5, 5.41) is 12.3. The van der Waals surface area contributed by atoms with E-state index in [9.17, 15) is 4.79 Å². The maximum atomic E-state index is 11.0. The molecule has 0 aliphatic heterocycles. The summed E-state index contributed by atoms with van der Waals surface area (Å²) in [6, 6.07) is -0.513. The maximum Gasteiger partial charge on any atom is 0.326 e. The largest absolute Gasteiger partial charge is 0.480 e. The third-order valence-electron chi connectivity index (χ3n) is 2.55. The first-order chi connectivity index (χ1) is 8.04. The molecule has 0 bridgehead atoms. The van der Waals surface area contributed by atoms with Crippen LogP contribution in [0.4, 0.5) is 0 Å². The minimum Gasteiger partial charge on any atom is -0.480 e. The fourth-order valence-electron chi connectivity index (χ4n) is 1.64. The van der Waals surface area contributed by atoms with E-state index in [-0.39, 0.29) is 0 Å². The minimum atomic E-state index is -0.813. The van der Waals surface area contributed by atoms with Gasteiger partial charge in [0.05, 0.1) is 12.0 Å². The predicted octanol–water partition coefficient (Wildman–Crippen LogP) is 1.66. The van der Waals surface area contributed by atoms with Crippen molar-refractivity contribution in [1.29, 1.82) is 0 Å². The Hall–Kier alpha value is -1.36. The number of imidazole rings is 1. The van der Waals surface area contributed by atoms with Crippen LogP contribution in [0.1, 0.15) is 38.9 Å². The summed E-state index contributed by atoms with van der Waals surface area (Å²) < 4.78 is 1.66. The summed E-state index contributed by atoms with van der Waals surface area (Å²) in [5.41, 5.74) is 0.880. The molecule has 0 aliphatic carbocycles. The van der Waals surface area contributed by atoms with Gasteiger partial charge in [-0.2, -0.15) is 0 Å². The van der Waals surface area contributed by atoms with Gasteiger partial charge in [-0.05, 0) is 18.9 Å². The molecule has 5 heteroatoms. The molecule has 1 rings (SSSR count). The Kier molecular flexibility index (Phi) is 5.15. The van der Waals surface area contributed by atoms with Crippen molar-refractivity contribution in [3.63, 3.8) is 0 Å². The Morgan fingerprint density at radius 1 is 1.59 bits per heavy atom. The zero-order valence-electron chi connectivity index (χ0n) is 10.7. The van der Waals surface area contributed by atoms with Crippen molar-refractivity contribution >= 4 is 5.97 Å². The number of aliphatic carboxylic acids is 1. The van der Waals surface area contributed by atoms with E-state index in [1.54, 1.807) is 17.1 Å². The molecule has 5 nitrogen and oxygen atoms in total. The van der Waals surface area contributed by atoms with Crippen molar-refractivity contribution in [3.8, 4) is 0 Å². The van der Waals surface area contributed by atoms with Gasteiger partial charge in [0, 0.05) is 12.7 Å². The second-order valence-corrected chi connectivity index (χ2v) is 4.60. The van der Waals surface area contributed by atoms with Crippen molar-refractivity contribution < 1.29 is 9.90 Å². The normalized spacial score (nSPS) is 12.9. The van der Waals surface area contributed by atoms with Crippen LogP contribution in [0, 0.1) is 5.92 Å². The van der Waals surface area contributed by atoms with Gasteiger partial charge < -0.3 is 15.0 Å². The minimum absolute atomic E-state index is 0.513. The summed E-state index contributed by atoms with van der Waals surface area (Å²) in [6.07, 6.45) is 3.95. The molecule has 1 atom stereocenters. The van der Waals surface area contributed by atoms with Crippen LogP contribution < -0.4 is 5.32 Å². The van der Waals surface area contributed by atoms with E-state index in [4.69, 9.17) is 5.11 Å². The van der Waals surface area contributed by atoms with Gasteiger partial charge in [0.25, 0.3) is 0 Å². The Labute approximate surface area is 102 Å². The number of hydrogen-bond acceptors (Lipinski definition) is 3. The number of carboxylic acids is 1. The number of carboxylic acid groups (broad SMARTS) is 1. The van der Waals surface area contributed by atoms with Crippen LogP contribution >= 0.6 is 0 Å². The van der Waals surface area contributed by atoms with E-state index in [0.29, 0.717) is 18.9 Å². The summed E-state index contributed by atoms with van der Waals surface area (Å²) in [6.45, 7) is 7.76. The van der Waals surface area contributed by atoms with Crippen LogP contribution in [0.15, 0.2) is 12.5 Å². The standard InChI is InChI=1S/C12H21N3O2/c1-4-11(12(16)17)15-7-10(14-8-15)6-13-5-9(2)3/h7-9,11,13H,4-6H2,1-3H3,(H,16,17). The van der Waals surface area contributed by atoms with Crippen LogP contribution in [0.3, 0.4) is 0 Å². The third kappa shape index (κ3) is 4.19. The molecule has 17 heavy (non-hydrogen) atoms. The van der Waals surface area contributed by atoms with Crippen LogP contribution in [0.5, 0.6) is 0 Å². The summed E-state index contributed by atoms with van der Waals surface area (Å²) in [5.74, 6) is -0.217. The zero-order valence-corrected chi connectivity index (χ0v) is 10.7. The molecule has 0 radical (unpaired) electrons. The quantitative estimate of drug-likeness (QED) is 0.759. The lowest BCUT2D eigenvalue weighted by molar-refractivity contribution is -0.141. The second-order valence-electron chi connectivity index (χ2n) is 4.60. The highest BCUT2D eigenvalue weighted by atomic mass is 16.4. The van der Waals surface area contributed by atoms with Gasteiger partial charge in [-0.25, -0.2) is 9.78 Å². The number of aromatic nitrogens is 2. The lowest BCUT2D eigenvalue weighted by Gasteiger charge is -2.10. The van der Waals surface area contributed by atoms with E-state index >= 15 is 0 Å². The van der Waals surface area contributed by atoms with Crippen LogP contribution in [-0.4, -0.2) is 27.2 Å². The SMILES string of the molecule is CCC(C(=O)O)n1cnc(CNCC(C)C)c1. The molecule has 1 aromatic rings. The number of carbonyl (C=O) groups is 1. The van der Waals surface area contributed by atoms with Crippen molar-refractivity contribution in [2.75, 3.05) is 6.54 Å². The highest BCUT2D eigenvalue weighted by molar-refractivity contribution is 5.71. The summed E-state index contributed by atoms with van der Waals surface area (Å²) in [4.78, 5) is 15.2. The van der Waals surface area contributed by atoms with Gasteiger partial charge in [0.1, 0.15) is 6.04 Å². The summed E-state index contributed by atoms with van der Waals surface area (Å²) >= 11 is 0. The van der Waals surface area contributed by atoms with Crippen LogP contribution in [0.25, 0.3) is 0 Å². The van der Waals surface area contributed by atoms with Crippen molar-refractivity contribution in [2.45, 2.75) is 39.8 Å². The molecule has 0 saturated heterocycles. The molecule has 0 spiro atoms. The van der Waals surface area contributed by atoms with Gasteiger partial charge in [-0.3, -0.25) is 0 Å². The van der Waals surface area contributed by atoms with Crippen molar-refractivity contribution in [1.82, 2.24) is 14.9 Å². The average molecular weight is 239 g/mol. The molecule has 1 aromatic heterocycles. The molecule has 2 N–H and O–H groups in total. The lowest BCUT2D eigenvalue weighted by Crippen LogP contribution is -2.19. The molecule has 0 amide bonds. The van der Waals surface area contributed by atoms with Gasteiger partial charge >= 0.3 is 5.97 Å². The van der Waals surface area contributed by atoms with E-state index in [1.807, 2.05) is 6.92 Å². The predicted molar refractivity (Wildman–Crippen MR) is 65.7 cm³/mol. The molecule has 0 aromatic carbocycles. The van der Waals surface area contributed by atoms with Gasteiger partial charge in [0.2, 0.25) is 0 Å². The van der Waals surface area contributed by atoms with E-state index in [2.05, 4.69) is 24.1 Å². The van der Waals surface area contributed by atoms with Gasteiger partial charge in [-0.15, -0.1) is 0 Å². The number of hydrogen-bond donors (Lipinski definition) is 2. The Balaban J connectivity index is 2.55. The van der Waals surface area contributed by atoms with Crippen molar-refractivity contribution in [3.05, 3.63) is 18.2 Å². The van der Waals surface area contributed by atoms with E-state index in [0.717, 1.165) is 12.2 Å². The average Bonchev–Trinajstić information content (AvgIpc) is 2.66. The highest BCUT2D eigenvalue weighted by Crippen LogP contribution is 2.12. The molecular formula is C12H21N3O2. The zero-order chi connectivity index (χ0) is 12.8. The monoisotopic (exact) mass is 239 g/mol. The first kappa shape index (κ1) is 13.7. The molecule has 0 fully saturated rings. The number of nitrogens with one attached hydrogen (secondary N) is 1. The number of nitrogens with zero attached hydrogens (tertiary/aromatic N) is 2.